The first-order valence-corrected chi connectivity index (χ1v) is 32.4. The first-order valence-electron chi connectivity index (χ1n) is 32.4. The molecule has 0 saturated carbocycles. The van der Waals surface area contributed by atoms with Crippen molar-refractivity contribution < 1.29 is 0 Å². The molecule has 0 unspecified atom stereocenters. The minimum absolute atomic E-state index is 0.389. The van der Waals surface area contributed by atoms with Gasteiger partial charge < -0.3 is 9.13 Å². The van der Waals surface area contributed by atoms with Gasteiger partial charge in [-0.25, -0.2) is 24.6 Å². The molecular formula is C90H54N8. The van der Waals surface area contributed by atoms with Crippen molar-refractivity contribution in [1.29, 1.82) is 5.26 Å². The highest BCUT2D eigenvalue weighted by molar-refractivity contribution is 6.13. The van der Waals surface area contributed by atoms with Crippen molar-refractivity contribution in [2.75, 3.05) is 0 Å². The summed E-state index contributed by atoms with van der Waals surface area (Å²) < 4.78 is 4.66. The van der Waals surface area contributed by atoms with Crippen molar-refractivity contribution in [3.8, 4) is 129 Å². The van der Waals surface area contributed by atoms with E-state index >= 15 is 0 Å². The first-order chi connectivity index (χ1) is 48.4. The average Bonchev–Trinajstić information content (AvgIpc) is 1.56. The molecule has 0 fully saturated rings. The SMILES string of the molecule is [C-]#[N+]c1cccc(-c2ccc(-n3c4ccc(-c5ccccc5)cc4c4cc(-c5ccccc5)ccc43)cc2-c2nc(-c3cccc(-c4ccccc4[N+]#[C-])c3)nc(-c3cc(-n4c5ccc(-c6ccccc6)cc5c5cc(-c6ccccc6)ccc54)ccc3-c3cccc(C#N)c3)n2)c1. The van der Waals surface area contributed by atoms with Crippen molar-refractivity contribution >= 4 is 55.0 Å². The predicted octanol–water partition coefficient (Wildman–Crippen LogP) is 23.7. The van der Waals surface area contributed by atoms with E-state index in [4.69, 9.17) is 28.1 Å². The Morgan fingerprint density at radius 3 is 1.08 bits per heavy atom. The Hall–Kier alpha value is -13.8. The summed E-state index contributed by atoms with van der Waals surface area (Å²) in [6.07, 6.45) is 0. The monoisotopic (exact) mass is 1250 g/mol. The molecule has 0 amide bonds. The smallest absolute Gasteiger partial charge is 0.194 e. The molecule has 17 aromatic rings. The quantitative estimate of drug-likeness (QED) is 0.114. The molecule has 8 nitrogen and oxygen atoms in total. The van der Waals surface area contributed by atoms with Gasteiger partial charge in [0.1, 0.15) is 0 Å². The second kappa shape index (κ2) is 24.6. The maximum absolute atomic E-state index is 10.5. The zero-order valence-electron chi connectivity index (χ0n) is 52.8. The number of hydrogen-bond donors (Lipinski definition) is 0. The van der Waals surface area contributed by atoms with Crippen LogP contribution in [-0.2, 0) is 0 Å². The second-order valence-corrected chi connectivity index (χ2v) is 24.4. The van der Waals surface area contributed by atoms with Crippen LogP contribution in [0.3, 0.4) is 0 Å². The van der Waals surface area contributed by atoms with E-state index in [0.29, 0.717) is 51.1 Å². The van der Waals surface area contributed by atoms with Crippen molar-refractivity contribution in [1.82, 2.24) is 24.1 Å². The highest BCUT2D eigenvalue weighted by Crippen LogP contribution is 2.45. The fourth-order valence-corrected chi connectivity index (χ4v) is 13.9. The topological polar surface area (TPSA) is 81.0 Å². The van der Waals surface area contributed by atoms with Gasteiger partial charge in [0.05, 0.1) is 46.8 Å². The molecule has 0 atom stereocenters. The summed E-state index contributed by atoms with van der Waals surface area (Å²) in [5.74, 6) is 1.18. The Kier molecular flexibility index (Phi) is 14.5. The van der Waals surface area contributed by atoms with E-state index in [0.717, 1.165) is 133 Å². The van der Waals surface area contributed by atoms with Crippen LogP contribution in [0.4, 0.5) is 11.4 Å². The average molecular weight is 1250 g/mol. The summed E-state index contributed by atoms with van der Waals surface area (Å²) in [5.41, 5.74) is 23.3. The van der Waals surface area contributed by atoms with E-state index in [1.54, 1.807) is 0 Å². The number of rotatable bonds is 12. The normalized spacial score (nSPS) is 11.2. The van der Waals surface area contributed by atoms with Gasteiger partial charge in [0.15, 0.2) is 28.8 Å². The van der Waals surface area contributed by atoms with Crippen molar-refractivity contribution in [2.45, 2.75) is 0 Å². The standard InChI is InChI=1S/C90H54N8/c1-92-71-33-19-31-69(50-71)75-43-41-73(98-86-46-38-65(61-25-11-5-12-26-61)53-79(86)80-54-66(39-47-87(80)98)62-27-13-6-14-28-62)56-82(75)90-95-88(70-32-18-30-68(49-70)76-34-15-16-35-83(76)93-2)94-89(96-90)81-55-72(40-42-74(81)67-29-17-20-58(48-67)57-91)97-84-44-36-63(59-21-7-3-8-22-59)51-77(84)78-52-64(37-45-85(78)97)60-23-9-4-10-24-60/h3-56H. The van der Waals surface area contributed by atoms with E-state index in [-0.39, 0.29) is 0 Å². The molecule has 14 aromatic carbocycles. The molecule has 0 spiro atoms. The molecule has 8 heteroatoms. The Morgan fingerprint density at radius 2 is 0.643 bits per heavy atom. The molecule has 3 aromatic heterocycles. The zero-order chi connectivity index (χ0) is 65.6. The van der Waals surface area contributed by atoms with E-state index in [9.17, 15) is 5.26 Å². The van der Waals surface area contributed by atoms with Gasteiger partial charge in [0, 0.05) is 49.6 Å². The van der Waals surface area contributed by atoms with Crippen LogP contribution in [0.1, 0.15) is 5.56 Å². The summed E-state index contributed by atoms with van der Waals surface area (Å²) in [6, 6.07) is 115. The van der Waals surface area contributed by atoms with Crippen LogP contribution >= 0.6 is 0 Å². The Labute approximate surface area is 566 Å². The van der Waals surface area contributed by atoms with Gasteiger partial charge in [0.25, 0.3) is 0 Å². The number of hydrogen-bond acceptors (Lipinski definition) is 4. The van der Waals surface area contributed by atoms with Crippen LogP contribution in [0.5, 0.6) is 0 Å². The van der Waals surface area contributed by atoms with Crippen LogP contribution in [-0.4, -0.2) is 24.1 Å². The molecule has 0 aliphatic heterocycles. The number of nitrogens with zero attached hydrogens (tertiary/aromatic N) is 8. The molecule has 0 aliphatic carbocycles. The molecule has 0 bridgehead atoms. The fraction of sp³-hybridized carbons (Fsp3) is 0. The minimum atomic E-state index is 0.389. The predicted molar refractivity (Wildman–Crippen MR) is 400 cm³/mol. The number of fused-ring (bicyclic) bond motifs is 6. The summed E-state index contributed by atoms with van der Waals surface area (Å²) in [7, 11) is 0. The molecule has 98 heavy (non-hydrogen) atoms. The van der Waals surface area contributed by atoms with Gasteiger partial charge >= 0.3 is 0 Å². The van der Waals surface area contributed by atoms with Gasteiger partial charge in [-0.2, -0.15) is 5.26 Å². The summed E-state index contributed by atoms with van der Waals surface area (Å²) >= 11 is 0. The lowest BCUT2D eigenvalue weighted by molar-refractivity contribution is 1.07. The van der Waals surface area contributed by atoms with Gasteiger partial charge in [0.2, 0.25) is 0 Å². The third kappa shape index (κ3) is 10.5. The van der Waals surface area contributed by atoms with Crippen LogP contribution in [0.15, 0.2) is 328 Å². The van der Waals surface area contributed by atoms with E-state index in [2.05, 4.69) is 231 Å². The Morgan fingerprint density at radius 1 is 0.265 bits per heavy atom. The highest BCUT2D eigenvalue weighted by Gasteiger charge is 2.24. The summed E-state index contributed by atoms with van der Waals surface area (Å²) in [5, 5.41) is 14.9. The molecule has 0 saturated heterocycles. The van der Waals surface area contributed by atoms with Crippen LogP contribution in [0.25, 0.3) is 177 Å². The third-order valence-electron chi connectivity index (χ3n) is 18.6. The molecule has 0 radical (unpaired) electrons. The lowest BCUT2D eigenvalue weighted by Gasteiger charge is -2.18. The van der Waals surface area contributed by atoms with Gasteiger partial charge in [-0.15, -0.1) is 0 Å². The number of nitriles is 1. The van der Waals surface area contributed by atoms with Crippen molar-refractivity contribution in [3.63, 3.8) is 0 Å². The highest BCUT2D eigenvalue weighted by atomic mass is 15.0. The maximum atomic E-state index is 10.5. The molecule has 17 rings (SSSR count). The summed E-state index contributed by atoms with van der Waals surface area (Å²) in [4.78, 5) is 24.8. The van der Waals surface area contributed by atoms with E-state index in [1.807, 2.05) is 121 Å². The maximum Gasteiger partial charge on any atom is 0.194 e. The third-order valence-corrected chi connectivity index (χ3v) is 18.6. The zero-order valence-corrected chi connectivity index (χ0v) is 52.8. The van der Waals surface area contributed by atoms with Crippen LogP contribution < -0.4 is 0 Å². The van der Waals surface area contributed by atoms with Gasteiger partial charge in [-0.1, -0.05) is 231 Å². The first kappa shape index (κ1) is 58.0. The van der Waals surface area contributed by atoms with Crippen molar-refractivity contribution in [2.24, 2.45) is 0 Å². The largest absolute Gasteiger partial charge is 0.309 e. The fourth-order valence-electron chi connectivity index (χ4n) is 13.9. The van der Waals surface area contributed by atoms with Crippen LogP contribution in [0, 0.1) is 24.5 Å². The minimum Gasteiger partial charge on any atom is -0.309 e. The van der Waals surface area contributed by atoms with E-state index < -0.39 is 0 Å². The lowest BCUT2D eigenvalue weighted by atomic mass is 9.96. The Balaban J connectivity index is 0.942. The van der Waals surface area contributed by atoms with Gasteiger partial charge in [-0.05, 0) is 175 Å². The second-order valence-electron chi connectivity index (χ2n) is 24.4. The molecule has 0 N–H and O–H groups in total. The number of aromatic nitrogens is 5. The molecular weight excluding hydrogens is 1190 g/mol. The number of benzene rings is 14. The van der Waals surface area contributed by atoms with Crippen LogP contribution in [0.2, 0.25) is 0 Å². The lowest BCUT2D eigenvalue weighted by Crippen LogP contribution is -2.04. The Bertz CT molecular complexity index is 5630. The van der Waals surface area contributed by atoms with Crippen molar-refractivity contribution in [3.05, 3.63) is 356 Å². The van der Waals surface area contributed by atoms with E-state index in [1.165, 1.54) is 0 Å². The summed E-state index contributed by atoms with van der Waals surface area (Å²) in [6.45, 7) is 16.4. The van der Waals surface area contributed by atoms with Gasteiger partial charge in [-0.3, -0.25) is 0 Å². The molecule has 3 heterocycles. The molecule has 0 aliphatic rings. The number of para-hydroxylation sites is 1. The molecule has 454 valence electrons.